The highest BCUT2D eigenvalue weighted by molar-refractivity contribution is 8.01. The second-order valence-corrected chi connectivity index (χ2v) is 5.65. The van der Waals surface area contributed by atoms with Gasteiger partial charge < -0.3 is 0 Å². The molecule has 0 fully saturated rings. The number of hydrogen-bond donors (Lipinski definition) is 0. The molecule has 2 heterocycles. The van der Waals surface area contributed by atoms with Gasteiger partial charge in [0.2, 0.25) is 5.95 Å². The standard InChI is InChI=1S/C12H7FN2S2/c13-10-6-3-7-11(15-10)17-12-14-8-4-1-2-5-9(8)16-12/h1-7H. The first-order valence-electron chi connectivity index (χ1n) is 4.97. The summed E-state index contributed by atoms with van der Waals surface area (Å²) in [6.45, 7) is 0. The molecular formula is C12H7FN2S2. The Kier molecular flexibility index (Phi) is 2.78. The fourth-order valence-corrected chi connectivity index (χ4v) is 3.42. The van der Waals surface area contributed by atoms with Gasteiger partial charge in [-0.25, -0.2) is 9.97 Å². The Bertz CT molecular complexity index is 633. The molecule has 0 aliphatic carbocycles. The fraction of sp³-hybridized carbons (Fsp3) is 0. The molecular weight excluding hydrogens is 255 g/mol. The van der Waals surface area contributed by atoms with Gasteiger partial charge in [-0.1, -0.05) is 18.2 Å². The van der Waals surface area contributed by atoms with E-state index in [4.69, 9.17) is 0 Å². The number of fused-ring (bicyclic) bond motifs is 1. The van der Waals surface area contributed by atoms with E-state index in [1.165, 1.54) is 17.8 Å². The average Bonchev–Trinajstić information content (AvgIpc) is 2.71. The van der Waals surface area contributed by atoms with Gasteiger partial charge >= 0.3 is 0 Å². The maximum atomic E-state index is 12.9. The number of halogens is 1. The number of thiazole rings is 1. The Balaban J connectivity index is 1.94. The third kappa shape index (κ3) is 2.30. The highest BCUT2D eigenvalue weighted by Crippen LogP contribution is 2.33. The third-order valence-corrected chi connectivity index (χ3v) is 4.19. The molecule has 0 N–H and O–H groups in total. The lowest BCUT2D eigenvalue weighted by atomic mass is 10.3. The van der Waals surface area contributed by atoms with Crippen LogP contribution in [0.15, 0.2) is 51.8 Å². The highest BCUT2D eigenvalue weighted by Gasteiger charge is 2.06. The molecule has 0 radical (unpaired) electrons. The van der Waals surface area contributed by atoms with E-state index in [1.54, 1.807) is 23.5 Å². The summed E-state index contributed by atoms with van der Waals surface area (Å²) < 4.78 is 14.9. The summed E-state index contributed by atoms with van der Waals surface area (Å²) in [6.07, 6.45) is 0. The van der Waals surface area contributed by atoms with Crippen LogP contribution in [0.4, 0.5) is 4.39 Å². The normalized spacial score (nSPS) is 10.9. The van der Waals surface area contributed by atoms with Crippen molar-refractivity contribution in [1.29, 1.82) is 0 Å². The van der Waals surface area contributed by atoms with Crippen molar-refractivity contribution in [2.75, 3.05) is 0 Å². The van der Waals surface area contributed by atoms with E-state index in [-0.39, 0.29) is 0 Å². The summed E-state index contributed by atoms with van der Waals surface area (Å²) in [5.41, 5.74) is 0.969. The molecule has 17 heavy (non-hydrogen) atoms. The number of para-hydroxylation sites is 1. The van der Waals surface area contributed by atoms with E-state index in [9.17, 15) is 4.39 Å². The number of aromatic nitrogens is 2. The van der Waals surface area contributed by atoms with E-state index in [2.05, 4.69) is 9.97 Å². The molecule has 0 saturated carbocycles. The van der Waals surface area contributed by atoms with Crippen LogP contribution in [0.1, 0.15) is 0 Å². The zero-order valence-electron chi connectivity index (χ0n) is 8.63. The van der Waals surface area contributed by atoms with Crippen LogP contribution < -0.4 is 0 Å². The van der Waals surface area contributed by atoms with Crippen LogP contribution in [0.2, 0.25) is 0 Å². The van der Waals surface area contributed by atoms with Crippen LogP contribution in [-0.2, 0) is 0 Å². The minimum atomic E-state index is -0.462. The zero-order chi connectivity index (χ0) is 11.7. The Morgan fingerprint density at radius 3 is 2.71 bits per heavy atom. The van der Waals surface area contributed by atoms with Crippen molar-refractivity contribution < 1.29 is 4.39 Å². The van der Waals surface area contributed by atoms with Gasteiger partial charge in [0.25, 0.3) is 0 Å². The van der Waals surface area contributed by atoms with Gasteiger partial charge in [-0.15, -0.1) is 11.3 Å². The molecule has 0 bridgehead atoms. The van der Waals surface area contributed by atoms with Gasteiger partial charge in [0, 0.05) is 0 Å². The number of rotatable bonds is 2. The third-order valence-electron chi connectivity index (χ3n) is 2.16. The lowest BCUT2D eigenvalue weighted by Crippen LogP contribution is -1.83. The van der Waals surface area contributed by atoms with Crippen molar-refractivity contribution in [2.24, 2.45) is 0 Å². The lowest BCUT2D eigenvalue weighted by molar-refractivity contribution is 0.572. The Morgan fingerprint density at radius 2 is 1.88 bits per heavy atom. The van der Waals surface area contributed by atoms with E-state index >= 15 is 0 Å². The average molecular weight is 262 g/mol. The van der Waals surface area contributed by atoms with E-state index in [0.717, 1.165) is 14.6 Å². The molecule has 5 heteroatoms. The number of pyridine rings is 1. The summed E-state index contributed by atoms with van der Waals surface area (Å²) in [7, 11) is 0. The second kappa shape index (κ2) is 4.43. The maximum absolute atomic E-state index is 12.9. The summed E-state index contributed by atoms with van der Waals surface area (Å²) in [6, 6.07) is 12.7. The van der Waals surface area contributed by atoms with E-state index in [1.807, 2.05) is 24.3 Å². The van der Waals surface area contributed by atoms with E-state index in [0.29, 0.717) is 5.03 Å². The maximum Gasteiger partial charge on any atom is 0.213 e. The van der Waals surface area contributed by atoms with Gasteiger partial charge in [0.05, 0.1) is 10.2 Å². The van der Waals surface area contributed by atoms with Crippen molar-refractivity contribution in [1.82, 2.24) is 9.97 Å². The molecule has 0 amide bonds. The van der Waals surface area contributed by atoms with Crippen LogP contribution in [0, 0.1) is 5.95 Å². The van der Waals surface area contributed by atoms with Gasteiger partial charge in [-0.2, -0.15) is 4.39 Å². The Labute approximate surface area is 106 Å². The molecule has 2 aromatic heterocycles. The van der Waals surface area contributed by atoms with Gasteiger partial charge in [0.15, 0.2) is 4.34 Å². The number of hydrogen-bond acceptors (Lipinski definition) is 4. The summed E-state index contributed by atoms with van der Waals surface area (Å²) in [4.78, 5) is 8.26. The highest BCUT2D eigenvalue weighted by atomic mass is 32.2. The molecule has 2 nitrogen and oxygen atoms in total. The number of nitrogens with zero attached hydrogens (tertiary/aromatic N) is 2. The van der Waals surface area contributed by atoms with E-state index < -0.39 is 5.95 Å². The smallest absolute Gasteiger partial charge is 0.213 e. The van der Waals surface area contributed by atoms with Gasteiger partial charge in [0.1, 0.15) is 5.03 Å². The topological polar surface area (TPSA) is 25.8 Å². The van der Waals surface area contributed by atoms with Gasteiger partial charge in [-0.3, -0.25) is 0 Å². The van der Waals surface area contributed by atoms with Gasteiger partial charge in [-0.05, 0) is 36.0 Å². The first-order valence-corrected chi connectivity index (χ1v) is 6.60. The predicted octanol–water partition coefficient (Wildman–Crippen LogP) is 3.98. The van der Waals surface area contributed by atoms with Crippen LogP contribution in [0.5, 0.6) is 0 Å². The summed E-state index contributed by atoms with van der Waals surface area (Å²) in [5, 5.41) is 0.629. The monoisotopic (exact) mass is 262 g/mol. The first kappa shape index (κ1) is 10.7. The van der Waals surface area contributed by atoms with Crippen LogP contribution in [-0.4, -0.2) is 9.97 Å². The second-order valence-electron chi connectivity index (χ2n) is 3.35. The molecule has 3 aromatic rings. The summed E-state index contributed by atoms with van der Waals surface area (Å²) in [5.74, 6) is -0.462. The molecule has 84 valence electrons. The minimum absolute atomic E-state index is 0.462. The Morgan fingerprint density at radius 1 is 1.00 bits per heavy atom. The Hall–Kier alpha value is -1.46. The van der Waals surface area contributed by atoms with Crippen LogP contribution in [0.3, 0.4) is 0 Å². The lowest BCUT2D eigenvalue weighted by Gasteiger charge is -1.95. The molecule has 1 aromatic carbocycles. The minimum Gasteiger partial charge on any atom is -0.229 e. The van der Waals surface area contributed by atoms with Crippen LogP contribution >= 0.6 is 23.1 Å². The molecule has 0 aliphatic rings. The molecule has 0 saturated heterocycles. The number of benzene rings is 1. The molecule has 0 spiro atoms. The molecule has 0 unspecified atom stereocenters. The van der Waals surface area contributed by atoms with Crippen molar-refractivity contribution in [3.8, 4) is 0 Å². The largest absolute Gasteiger partial charge is 0.229 e. The fourth-order valence-electron chi connectivity index (χ4n) is 1.43. The van der Waals surface area contributed by atoms with Crippen molar-refractivity contribution in [2.45, 2.75) is 9.37 Å². The summed E-state index contributed by atoms with van der Waals surface area (Å²) >= 11 is 2.97. The molecule has 3 rings (SSSR count). The quantitative estimate of drug-likeness (QED) is 0.653. The van der Waals surface area contributed by atoms with Crippen molar-refractivity contribution in [3.05, 3.63) is 48.4 Å². The van der Waals surface area contributed by atoms with Crippen molar-refractivity contribution in [3.63, 3.8) is 0 Å². The first-order chi connectivity index (χ1) is 8.31. The zero-order valence-corrected chi connectivity index (χ0v) is 10.3. The predicted molar refractivity (Wildman–Crippen MR) is 67.9 cm³/mol. The molecule has 0 aliphatic heterocycles. The molecule has 0 atom stereocenters. The SMILES string of the molecule is Fc1cccc(Sc2nc3ccccc3s2)n1. The van der Waals surface area contributed by atoms with Crippen LogP contribution in [0.25, 0.3) is 10.2 Å². The van der Waals surface area contributed by atoms with Crippen molar-refractivity contribution >= 4 is 33.3 Å².